The normalized spacial score (nSPS) is 14.2. The average molecular weight is 511 g/mol. The minimum absolute atomic E-state index is 1.12. The number of unbranched alkanes of at least 4 members (excludes halogenated alkanes) is 3. The molecule has 0 saturated heterocycles. The predicted molar refractivity (Wildman–Crippen MR) is 168 cm³/mol. The van der Waals surface area contributed by atoms with Gasteiger partial charge in [-0.2, -0.15) is 0 Å². The Labute approximate surface area is 229 Å². The Morgan fingerprint density at radius 1 is 0.553 bits per heavy atom. The summed E-state index contributed by atoms with van der Waals surface area (Å²) in [6, 6.07) is 37.1. The van der Waals surface area contributed by atoms with Crippen molar-refractivity contribution in [3.63, 3.8) is 0 Å². The van der Waals surface area contributed by atoms with Gasteiger partial charge < -0.3 is 0 Å². The van der Waals surface area contributed by atoms with Crippen LogP contribution in [0.15, 0.2) is 107 Å². The van der Waals surface area contributed by atoms with E-state index >= 15 is 0 Å². The van der Waals surface area contributed by atoms with Crippen molar-refractivity contribution >= 4 is 20.2 Å². The Morgan fingerprint density at radius 3 is 1.53 bits per heavy atom. The second kappa shape index (κ2) is 10.7. The zero-order chi connectivity index (χ0) is 26.0. The molecule has 0 spiro atoms. The lowest BCUT2D eigenvalue weighted by Gasteiger charge is -2.31. The molecule has 6 rings (SSSR count). The molecule has 0 saturated carbocycles. The Kier molecular flexibility index (Phi) is 7.04. The molecule has 4 aromatic carbocycles. The first-order valence-electron chi connectivity index (χ1n) is 14.4. The van der Waals surface area contributed by atoms with Gasteiger partial charge in [-0.15, -0.1) is 0 Å². The summed E-state index contributed by atoms with van der Waals surface area (Å²) in [6.45, 7) is 5.00. The third-order valence-corrected chi connectivity index (χ3v) is 13.7. The van der Waals surface area contributed by atoms with E-state index in [2.05, 4.69) is 123 Å². The fourth-order valence-corrected chi connectivity index (χ4v) is 10.7. The second-order valence-electron chi connectivity index (χ2n) is 11.3. The maximum absolute atomic E-state index is 2.68. The summed E-state index contributed by atoms with van der Waals surface area (Å²) in [6.07, 6.45) is 12.8. The Morgan fingerprint density at radius 2 is 1.05 bits per heavy atom. The number of hydrogen-bond acceptors (Lipinski definition) is 0. The van der Waals surface area contributed by atoms with Gasteiger partial charge in [-0.25, -0.2) is 0 Å². The highest BCUT2D eigenvalue weighted by Crippen LogP contribution is 2.45. The molecule has 0 N–H and O–H groups in total. The standard InChI is InChI=1S/C37H38Si/c1-3-4-5-12-23-38(2,32-24-30-19-13-21-34(36(30)26-32)28-15-8-6-9-16-28)33-25-31-20-14-22-35(37(31)27-33)29-17-10-7-11-18-29/h6-11,13-22,26-27H,3-5,12,23-25H2,1-2H3. The van der Waals surface area contributed by atoms with Gasteiger partial charge in [-0.3, -0.25) is 0 Å². The van der Waals surface area contributed by atoms with Crippen LogP contribution in [0.5, 0.6) is 0 Å². The summed E-state index contributed by atoms with van der Waals surface area (Å²) in [7, 11) is -1.85. The maximum Gasteiger partial charge on any atom is 0.106 e. The van der Waals surface area contributed by atoms with E-state index in [1.807, 2.05) is 0 Å². The minimum Gasteiger partial charge on any atom is -0.0712 e. The van der Waals surface area contributed by atoms with Gasteiger partial charge in [0.05, 0.1) is 0 Å². The van der Waals surface area contributed by atoms with E-state index in [1.165, 1.54) is 76.2 Å². The van der Waals surface area contributed by atoms with E-state index in [4.69, 9.17) is 0 Å². The van der Waals surface area contributed by atoms with Crippen LogP contribution in [0.4, 0.5) is 0 Å². The summed E-state index contributed by atoms with van der Waals surface area (Å²) in [5.74, 6) is 0. The third kappa shape index (κ3) is 4.65. The fourth-order valence-electron chi connectivity index (χ4n) is 6.62. The van der Waals surface area contributed by atoms with Crippen molar-refractivity contribution in [1.82, 2.24) is 0 Å². The molecule has 4 aromatic rings. The molecule has 0 aromatic heterocycles. The predicted octanol–water partition coefficient (Wildman–Crippen LogP) is 10.3. The molecule has 0 bridgehead atoms. The number of benzene rings is 4. The molecule has 38 heavy (non-hydrogen) atoms. The number of fused-ring (bicyclic) bond motifs is 2. The summed E-state index contributed by atoms with van der Waals surface area (Å²) in [5.41, 5.74) is 11.4. The van der Waals surface area contributed by atoms with Crippen LogP contribution in [0.1, 0.15) is 54.9 Å². The van der Waals surface area contributed by atoms with Crippen molar-refractivity contribution < 1.29 is 0 Å². The van der Waals surface area contributed by atoms with Crippen molar-refractivity contribution in [2.24, 2.45) is 0 Å². The van der Waals surface area contributed by atoms with E-state index < -0.39 is 8.07 Å². The van der Waals surface area contributed by atoms with Crippen molar-refractivity contribution in [2.45, 2.75) is 58.0 Å². The second-order valence-corrected chi connectivity index (χ2v) is 15.8. The number of rotatable bonds is 9. The number of allylic oxidation sites excluding steroid dienone is 2. The molecule has 1 heteroatoms. The summed E-state index contributed by atoms with van der Waals surface area (Å²) in [4.78, 5) is 0. The van der Waals surface area contributed by atoms with E-state index in [0.29, 0.717) is 0 Å². The lowest BCUT2D eigenvalue weighted by atomic mass is 9.97. The molecule has 0 heterocycles. The monoisotopic (exact) mass is 510 g/mol. The van der Waals surface area contributed by atoms with Crippen molar-refractivity contribution in [3.05, 3.63) is 130 Å². The smallest absolute Gasteiger partial charge is 0.0712 e. The van der Waals surface area contributed by atoms with E-state index in [1.54, 1.807) is 10.4 Å². The first-order chi connectivity index (χ1) is 18.7. The quantitative estimate of drug-likeness (QED) is 0.155. The highest BCUT2D eigenvalue weighted by atomic mass is 28.3. The molecular weight excluding hydrogens is 472 g/mol. The molecule has 0 amide bonds. The van der Waals surface area contributed by atoms with Gasteiger partial charge in [-0.05, 0) is 57.3 Å². The summed E-state index contributed by atoms with van der Waals surface area (Å²) in [5, 5.41) is 3.46. The lowest BCUT2D eigenvalue weighted by molar-refractivity contribution is 0.697. The van der Waals surface area contributed by atoms with Crippen molar-refractivity contribution in [1.29, 1.82) is 0 Å². The largest absolute Gasteiger partial charge is 0.106 e. The zero-order valence-electron chi connectivity index (χ0n) is 22.8. The first kappa shape index (κ1) is 24.9. The van der Waals surface area contributed by atoms with Crippen LogP contribution in [0, 0.1) is 0 Å². The van der Waals surface area contributed by atoms with Crippen LogP contribution in [-0.2, 0) is 12.8 Å². The van der Waals surface area contributed by atoms with Crippen molar-refractivity contribution in [2.75, 3.05) is 0 Å². The van der Waals surface area contributed by atoms with Gasteiger partial charge >= 0.3 is 0 Å². The molecule has 0 radical (unpaired) electrons. The highest BCUT2D eigenvalue weighted by Gasteiger charge is 2.39. The van der Waals surface area contributed by atoms with Crippen LogP contribution in [0.2, 0.25) is 12.6 Å². The topological polar surface area (TPSA) is 0 Å². The van der Waals surface area contributed by atoms with Crippen molar-refractivity contribution in [3.8, 4) is 22.3 Å². The Bertz CT molecular complexity index is 1380. The van der Waals surface area contributed by atoms with E-state index in [9.17, 15) is 0 Å². The molecule has 0 atom stereocenters. The molecule has 0 aliphatic heterocycles. The molecule has 0 unspecified atom stereocenters. The van der Waals surface area contributed by atoms with Gasteiger partial charge in [0.15, 0.2) is 0 Å². The zero-order valence-corrected chi connectivity index (χ0v) is 23.8. The van der Waals surface area contributed by atoms with Gasteiger partial charge in [0, 0.05) is 0 Å². The van der Waals surface area contributed by atoms with E-state index in [0.717, 1.165) is 12.8 Å². The molecular formula is C37H38Si. The van der Waals surface area contributed by atoms with Crippen LogP contribution in [0.3, 0.4) is 0 Å². The molecule has 0 fully saturated rings. The molecule has 2 aliphatic rings. The Hall–Kier alpha value is -3.42. The summed E-state index contributed by atoms with van der Waals surface area (Å²) < 4.78 is 0. The Balaban J connectivity index is 1.40. The fraction of sp³-hybridized carbons (Fsp3) is 0.243. The highest BCUT2D eigenvalue weighted by molar-refractivity contribution is 6.93. The lowest BCUT2D eigenvalue weighted by Crippen LogP contribution is -2.36. The van der Waals surface area contributed by atoms with Crippen LogP contribution in [0.25, 0.3) is 34.4 Å². The molecule has 0 nitrogen and oxygen atoms in total. The summed E-state index contributed by atoms with van der Waals surface area (Å²) >= 11 is 0. The van der Waals surface area contributed by atoms with Crippen LogP contribution < -0.4 is 0 Å². The maximum atomic E-state index is 2.68. The van der Waals surface area contributed by atoms with Crippen LogP contribution in [-0.4, -0.2) is 8.07 Å². The number of hydrogen-bond donors (Lipinski definition) is 0. The third-order valence-electron chi connectivity index (χ3n) is 8.91. The average Bonchev–Trinajstić information content (AvgIpc) is 3.62. The van der Waals surface area contributed by atoms with E-state index in [-0.39, 0.29) is 0 Å². The van der Waals surface area contributed by atoms with Gasteiger partial charge in [0.25, 0.3) is 0 Å². The van der Waals surface area contributed by atoms with Crippen LogP contribution >= 0.6 is 0 Å². The molecule has 190 valence electrons. The first-order valence-corrected chi connectivity index (χ1v) is 17.1. The molecule has 2 aliphatic carbocycles. The SMILES string of the molecule is CCCCCC[Si](C)(C1=Cc2c(cccc2-c2ccccc2)C1)C1=Cc2c(cccc2-c2ccccc2)C1. The van der Waals surface area contributed by atoms with Gasteiger partial charge in [0.1, 0.15) is 8.07 Å². The minimum atomic E-state index is -1.85. The van der Waals surface area contributed by atoms with Gasteiger partial charge in [0.2, 0.25) is 0 Å². The van der Waals surface area contributed by atoms with Gasteiger partial charge in [-0.1, -0.05) is 165 Å².